The normalized spacial score (nSPS) is 10.9. The predicted molar refractivity (Wildman–Crippen MR) is 119 cm³/mol. The number of carbonyl (C=O) groups excluding carboxylic acids is 2. The Hall–Kier alpha value is -4.18. The van der Waals surface area contributed by atoms with Crippen LogP contribution < -0.4 is 0 Å². The fraction of sp³-hybridized carbons (Fsp3) is 0. The maximum Gasteiger partial charge on any atom is 0.150 e. The molecule has 2 aromatic heterocycles. The lowest BCUT2D eigenvalue weighted by Crippen LogP contribution is -1.89. The van der Waals surface area contributed by atoms with Gasteiger partial charge in [-0.15, -0.1) is 0 Å². The number of hydrogen-bond donors (Lipinski definition) is 0. The second kappa shape index (κ2) is 7.33. The molecule has 0 amide bonds. The van der Waals surface area contributed by atoms with Crippen LogP contribution in [0.1, 0.15) is 20.7 Å². The Kier molecular flexibility index (Phi) is 4.37. The molecular formula is C26H16N2O2. The standard InChI is InChI=1S/C26H16N2O2/c29-15-17-1-5-19(6-2-17)23-11-21-9-10-22-12-24(14-28-26(22)25(21)27-13-23)20-7-3-18(16-30)4-8-20/h1-16H. The molecular weight excluding hydrogens is 372 g/mol. The van der Waals surface area contributed by atoms with Crippen LogP contribution in [0.4, 0.5) is 0 Å². The molecule has 4 heteroatoms. The zero-order valence-electron chi connectivity index (χ0n) is 15.9. The first-order chi connectivity index (χ1) is 14.7. The van der Waals surface area contributed by atoms with Crippen molar-refractivity contribution < 1.29 is 9.59 Å². The molecule has 0 unspecified atom stereocenters. The number of aldehydes is 2. The number of hydrogen-bond acceptors (Lipinski definition) is 4. The predicted octanol–water partition coefficient (Wildman–Crippen LogP) is 5.74. The van der Waals surface area contributed by atoms with E-state index in [0.29, 0.717) is 11.1 Å². The average molecular weight is 388 g/mol. The van der Waals surface area contributed by atoms with Crippen LogP contribution in [0, 0.1) is 0 Å². The van der Waals surface area contributed by atoms with E-state index in [4.69, 9.17) is 0 Å². The van der Waals surface area contributed by atoms with Crippen molar-refractivity contribution >= 4 is 34.4 Å². The molecule has 0 spiro atoms. The average Bonchev–Trinajstić information content (AvgIpc) is 2.83. The Morgan fingerprint density at radius 1 is 0.500 bits per heavy atom. The first kappa shape index (κ1) is 17.9. The molecule has 4 nitrogen and oxygen atoms in total. The first-order valence-corrected chi connectivity index (χ1v) is 9.55. The van der Waals surface area contributed by atoms with Gasteiger partial charge in [-0.25, -0.2) is 0 Å². The van der Waals surface area contributed by atoms with Crippen LogP contribution in [0.2, 0.25) is 0 Å². The Morgan fingerprint density at radius 3 is 1.27 bits per heavy atom. The van der Waals surface area contributed by atoms with Gasteiger partial charge in [-0.1, -0.05) is 60.7 Å². The molecule has 3 aromatic carbocycles. The lowest BCUT2D eigenvalue weighted by Gasteiger charge is -2.08. The summed E-state index contributed by atoms with van der Waals surface area (Å²) in [6.07, 6.45) is 5.35. The van der Waals surface area contributed by atoms with Gasteiger partial charge >= 0.3 is 0 Å². The second-order valence-corrected chi connectivity index (χ2v) is 7.14. The van der Waals surface area contributed by atoms with E-state index in [1.165, 1.54) is 0 Å². The van der Waals surface area contributed by atoms with Gasteiger partial charge in [-0.2, -0.15) is 0 Å². The molecule has 5 rings (SSSR count). The minimum absolute atomic E-state index is 0.652. The molecule has 0 saturated heterocycles. The van der Waals surface area contributed by atoms with E-state index in [-0.39, 0.29) is 0 Å². The Labute approximate surface area is 172 Å². The fourth-order valence-electron chi connectivity index (χ4n) is 3.62. The Bertz CT molecular complexity index is 1300. The highest BCUT2D eigenvalue weighted by Crippen LogP contribution is 2.29. The van der Waals surface area contributed by atoms with E-state index >= 15 is 0 Å². The van der Waals surface area contributed by atoms with E-state index < -0.39 is 0 Å². The van der Waals surface area contributed by atoms with Crippen LogP contribution in [0.5, 0.6) is 0 Å². The van der Waals surface area contributed by atoms with Crippen molar-refractivity contribution in [3.63, 3.8) is 0 Å². The number of fused-ring (bicyclic) bond motifs is 3. The quantitative estimate of drug-likeness (QED) is 0.291. The lowest BCUT2D eigenvalue weighted by molar-refractivity contribution is 0.111. The Morgan fingerprint density at radius 2 is 0.900 bits per heavy atom. The highest BCUT2D eigenvalue weighted by Gasteiger charge is 2.08. The van der Waals surface area contributed by atoms with Gasteiger partial charge in [0.25, 0.3) is 0 Å². The third-order valence-corrected chi connectivity index (χ3v) is 5.26. The zero-order valence-corrected chi connectivity index (χ0v) is 15.9. The maximum atomic E-state index is 10.9. The summed E-state index contributed by atoms with van der Waals surface area (Å²) in [5.74, 6) is 0. The topological polar surface area (TPSA) is 59.9 Å². The lowest BCUT2D eigenvalue weighted by atomic mass is 10.0. The van der Waals surface area contributed by atoms with E-state index in [1.807, 2.05) is 36.7 Å². The number of rotatable bonds is 4. The molecule has 0 bridgehead atoms. The van der Waals surface area contributed by atoms with Crippen molar-refractivity contribution in [3.8, 4) is 22.3 Å². The van der Waals surface area contributed by atoms with Gasteiger partial charge in [0, 0.05) is 45.4 Å². The van der Waals surface area contributed by atoms with Crippen molar-refractivity contribution in [1.29, 1.82) is 0 Å². The molecule has 142 valence electrons. The van der Waals surface area contributed by atoms with Crippen molar-refractivity contribution in [3.05, 3.63) is 96.3 Å². The molecule has 0 aliphatic rings. The summed E-state index contributed by atoms with van der Waals surface area (Å²) in [6, 6.07) is 23.2. The van der Waals surface area contributed by atoms with Gasteiger partial charge < -0.3 is 0 Å². The minimum Gasteiger partial charge on any atom is -0.298 e. The summed E-state index contributed by atoms with van der Waals surface area (Å²) in [5.41, 5.74) is 7.01. The van der Waals surface area contributed by atoms with Crippen molar-refractivity contribution in [1.82, 2.24) is 9.97 Å². The third-order valence-electron chi connectivity index (χ3n) is 5.26. The van der Waals surface area contributed by atoms with Crippen molar-refractivity contribution in [2.45, 2.75) is 0 Å². The van der Waals surface area contributed by atoms with Gasteiger partial charge in [0.05, 0.1) is 11.0 Å². The molecule has 2 heterocycles. The van der Waals surface area contributed by atoms with Gasteiger partial charge in [-0.05, 0) is 23.3 Å². The summed E-state index contributed by atoms with van der Waals surface area (Å²) in [5, 5.41) is 2.02. The van der Waals surface area contributed by atoms with Gasteiger partial charge in [0.1, 0.15) is 12.6 Å². The Balaban J connectivity index is 1.57. The summed E-state index contributed by atoms with van der Waals surface area (Å²) in [6.45, 7) is 0. The second-order valence-electron chi connectivity index (χ2n) is 7.14. The number of carbonyl (C=O) groups is 2. The summed E-state index contributed by atoms with van der Waals surface area (Å²) >= 11 is 0. The molecule has 0 radical (unpaired) electrons. The summed E-state index contributed by atoms with van der Waals surface area (Å²) in [4.78, 5) is 31.1. The maximum absolute atomic E-state index is 10.9. The first-order valence-electron chi connectivity index (χ1n) is 9.55. The molecule has 0 aliphatic heterocycles. The monoisotopic (exact) mass is 388 g/mol. The van der Waals surface area contributed by atoms with E-state index in [2.05, 4.69) is 34.2 Å². The number of pyridine rings is 2. The highest BCUT2D eigenvalue weighted by atomic mass is 16.1. The van der Waals surface area contributed by atoms with Gasteiger partial charge in [0.15, 0.2) is 0 Å². The van der Waals surface area contributed by atoms with E-state index in [0.717, 1.165) is 56.6 Å². The highest BCUT2D eigenvalue weighted by molar-refractivity contribution is 6.04. The van der Waals surface area contributed by atoms with Gasteiger partial charge in [-0.3, -0.25) is 19.6 Å². The van der Waals surface area contributed by atoms with Crippen molar-refractivity contribution in [2.75, 3.05) is 0 Å². The number of benzene rings is 3. The van der Waals surface area contributed by atoms with Crippen LogP contribution in [0.25, 0.3) is 44.1 Å². The SMILES string of the molecule is O=Cc1ccc(-c2cnc3c(ccc4cc(-c5ccc(C=O)cc5)cnc43)c2)cc1. The van der Waals surface area contributed by atoms with E-state index in [1.54, 1.807) is 24.3 Å². The number of aromatic nitrogens is 2. The van der Waals surface area contributed by atoms with Crippen LogP contribution in [0.3, 0.4) is 0 Å². The molecule has 0 N–H and O–H groups in total. The van der Waals surface area contributed by atoms with Gasteiger partial charge in [0.2, 0.25) is 0 Å². The summed E-state index contributed by atoms with van der Waals surface area (Å²) in [7, 11) is 0. The smallest absolute Gasteiger partial charge is 0.150 e. The molecule has 0 fully saturated rings. The molecule has 0 aliphatic carbocycles. The third kappa shape index (κ3) is 3.14. The van der Waals surface area contributed by atoms with Crippen LogP contribution >= 0.6 is 0 Å². The van der Waals surface area contributed by atoms with Crippen LogP contribution in [0.15, 0.2) is 85.2 Å². The van der Waals surface area contributed by atoms with Crippen molar-refractivity contribution in [2.24, 2.45) is 0 Å². The molecule has 0 atom stereocenters. The van der Waals surface area contributed by atoms with Crippen LogP contribution in [-0.4, -0.2) is 22.5 Å². The minimum atomic E-state index is 0.652. The molecule has 5 aromatic rings. The zero-order chi connectivity index (χ0) is 20.5. The number of nitrogens with zero attached hydrogens (tertiary/aromatic N) is 2. The molecule has 30 heavy (non-hydrogen) atoms. The van der Waals surface area contributed by atoms with Crippen LogP contribution in [-0.2, 0) is 0 Å². The molecule has 0 saturated carbocycles. The largest absolute Gasteiger partial charge is 0.298 e. The van der Waals surface area contributed by atoms with E-state index in [9.17, 15) is 9.59 Å². The fourth-order valence-corrected chi connectivity index (χ4v) is 3.62. The summed E-state index contributed by atoms with van der Waals surface area (Å²) < 4.78 is 0.